The van der Waals surface area contributed by atoms with E-state index in [0.717, 1.165) is 6.07 Å². The molecule has 34 heavy (non-hydrogen) atoms. The number of fused-ring (bicyclic) bond motifs is 1. The predicted octanol–water partition coefficient (Wildman–Crippen LogP) is 3.90. The Balaban J connectivity index is 0.000000271. The van der Waals surface area contributed by atoms with Gasteiger partial charge in [-0.25, -0.2) is 8.78 Å². The van der Waals surface area contributed by atoms with E-state index >= 15 is 0 Å². The summed E-state index contributed by atoms with van der Waals surface area (Å²) in [5, 5.41) is 10.3. The second-order valence-electron chi connectivity index (χ2n) is 6.83. The Bertz CT molecular complexity index is 1360. The van der Waals surface area contributed by atoms with Crippen molar-refractivity contribution in [2.45, 2.75) is 0 Å². The number of phenols is 1. The van der Waals surface area contributed by atoms with Crippen LogP contribution >= 0.6 is 0 Å². The van der Waals surface area contributed by atoms with E-state index in [2.05, 4.69) is 4.98 Å². The van der Waals surface area contributed by atoms with Gasteiger partial charge in [0.1, 0.15) is 11.6 Å². The first-order chi connectivity index (χ1) is 16.2. The Morgan fingerprint density at radius 1 is 0.853 bits per heavy atom. The van der Waals surface area contributed by atoms with Crippen molar-refractivity contribution >= 4 is 22.7 Å². The van der Waals surface area contributed by atoms with Crippen molar-refractivity contribution in [1.29, 1.82) is 0 Å². The molecule has 4 aromatic rings. The standard InChI is InChI=1S/C17H13FN2O4.C7H6FNO/c1-23-16-7-10-12(8-13(16)21)20-5-4-14(10)24-15-3-2-9(17(19)22)6-11(15)18;8-6-3-1-5(2-4-6)7(9)10/h2-8,21H,1H3,(H2,19,22);1-4H,(H2,9,10). The first kappa shape index (κ1) is 23.9. The van der Waals surface area contributed by atoms with Gasteiger partial charge in [0.15, 0.2) is 23.1 Å². The maximum absolute atomic E-state index is 14.1. The molecular formula is C24H19F2N3O5. The Morgan fingerprint density at radius 3 is 2.09 bits per heavy atom. The molecule has 10 heteroatoms. The summed E-state index contributed by atoms with van der Waals surface area (Å²) in [4.78, 5) is 25.6. The minimum absolute atomic E-state index is 0.0472. The van der Waals surface area contributed by atoms with E-state index in [9.17, 15) is 23.5 Å². The number of halogens is 2. The number of carbonyl (C=O) groups is 2. The lowest BCUT2D eigenvalue weighted by Crippen LogP contribution is -2.11. The molecule has 174 valence electrons. The number of ether oxygens (including phenoxy) is 2. The van der Waals surface area contributed by atoms with Gasteiger partial charge in [0.25, 0.3) is 0 Å². The van der Waals surface area contributed by atoms with Crippen LogP contribution in [0.2, 0.25) is 0 Å². The lowest BCUT2D eigenvalue weighted by molar-refractivity contribution is 0.0991. The number of aromatic nitrogens is 1. The molecule has 1 heterocycles. The van der Waals surface area contributed by atoms with Gasteiger partial charge in [-0.05, 0) is 54.6 Å². The predicted molar refractivity (Wildman–Crippen MR) is 120 cm³/mol. The van der Waals surface area contributed by atoms with Gasteiger partial charge in [0.2, 0.25) is 11.8 Å². The molecule has 3 aromatic carbocycles. The molecule has 0 bridgehead atoms. The van der Waals surface area contributed by atoms with Crippen molar-refractivity contribution in [3.63, 3.8) is 0 Å². The van der Waals surface area contributed by atoms with E-state index in [1.807, 2.05) is 0 Å². The van der Waals surface area contributed by atoms with Gasteiger partial charge in [-0.2, -0.15) is 0 Å². The minimum atomic E-state index is -0.727. The number of phenolic OH excluding ortho intramolecular Hbond substituents is 1. The molecule has 0 fully saturated rings. The number of carbonyl (C=O) groups excluding carboxylic acids is 2. The average Bonchev–Trinajstić information content (AvgIpc) is 2.80. The van der Waals surface area contributed by atoms with Crippen LogP contribution in [0.1, 0.15) is 20.7 Å². The van der Waals surface area contributed by atoms with Crippen LogP contribution in [-0.2, 0) is 0 Å². The average molecular weight is 467 g/mol. The van der Waals surface area contributed by atoms with Crippen molar-refractivity contribution < 1.29 is 33.0 Å². The Kier molecular flexibility index (Phi) is 7.22. The van der Waals surface area contributed by atoms with Crippen molar-refractivity contribution in [3.05, 3.63) is 89.6 Å². The largest absolute Gasteiger partial charge is 0.504 e. The van der Waals surface area contributed by atoms with Gasteiger partial charge in [-0.3, -0.25) is 14.6 Å². The van der Waals surface area contributed by atoms with Gasteiger partial charge in [0.05, 0.1) is 12.6 Å². The van der Waals surface area contributed by atoms with Crippen LogP contribution in [0.3, 0.4) is 0 Å². The number of amides is 2. The number of hydrogen-bond donors (Lipinski definition) is 3. The van der Waals surface area contributed by atoms with E-state index in [4.69, 9.17) is 20.9 Å². The van der Waals surface area contributed by atoms with E-state index in [-0.39, 0.29) is 28.6 Å². The summed E-state index contributed by atoms with van der Waals surface area (Å²) in [6, 6.07) is 13.3. The fraction of sp³-hybridized carbons (Fsp3) is 0.0417. The summed E-state index contributed by atoms with van der Waals surface area (Å²) in [6.07, 6.45) is 1.47. The number of primary amides is 2. The van der Waals surface area contributed by atoms with Gasteiger partial charge in [0, 0.05) is 28.8 Å². The first-order valence-electron chi connectivity index (χ1n) is 9.68. The SMILES string of the molecule is COc1cc2c(Oc3ccc(C(N)=O)cc3F)ccnc2cc1O.NC(=O)c1ccc(F)cc1. The molecule has 4 rings (SSSR count). The highest BCUT2D eigenvalue weighted by molar-refractivity contribution is 5.93. The smallest absolute Gasteiger partial charge is 0.248 e. The topological polar surface area (TPSA) is 138 Å². The molecule has 0 aliphatic rings. The maximum atomic E-state index is 14.1. The summed E-state index contributed by atoms with van der Waals surface area (Å²) in [7, 11) is 1.42. The van der Waals surface area contributed by atoms with Crippen LogP contribution in [0.5, 0.6) is 23.0 Å². The minimum Gasteiger partial charge on any atom is -0.504 e. The van der Waals surface area contributed by atoms with Crippen LogP contribution in [0.4, 0.5) is 8.78 Å². The molecule has 2 amide bonds. The van der Waals surface area contributed by atoms with Gasteiger partial charge >= 0.3 is 0 Å². The second kappa shape index (κ2) is 10.3. The summed E-state index contributed by atoms with van der Waals surface area (Å²) >= 11 is 0. The molecule has 1 aromatic heterocycles. The van der Waals surface area contributed by atoms with Crippen LogP contribution in [0.25, 0.3) is 10.9 Å². The highest BCUT2D eigenvalue weighted by Gasteiger charge is 2.13. The summed E-state index contributed by atoms with van der Waals surface area (Å²) < 4.78 is 36.9. The number of pyridine rings is 1. The molecular weight excluding hydrogens is 448 g/mol. The normalized spacial score (nSPS) is 10.2. The highest BCUT2D eigenvalue weighted by atomic mass is 19.1. The zero-order valence-corrected chi connectivity index (χ0v) is 17.8. The first-order valence-corrected chi connectivity index (χ1v) is 9.68. The Labute approximate surface area is 192 Å². The van der Waals surface area contributed by atoms with E-state index in [1.165, 1.54) is 55.8 Å². The third-order valence-electron chi connectivity index (χ3n) is 4.57. The number of methoxy groups -OCH3 is 1. The van der Waals surface area contributed by atoms with Gasteiger partial charge in [-0.15, -0.1) is 0 Å². The molecule has 0 aliphatic carbocycles. The monoisotopic (exact) mass is 467 g/mol. The number of nitrogens with zero attached hydrogens (tertiary/aromatic N) is 1. The fourth-order valence-corrected chi connectivity index (χ4v) is 2.86. The third-order valence-corrected chi connectivity index (χ3v) is 4.57. The van der Waals surface area contributed by atoms with Gasteiger partial charge in [-0.1, -0.05) is 0 Å². The number of hydrogen-bond acceptors (Lipinski definition) is 6. The van der Waals surface area contributed by atoms with Crippen LogP contribution in [0.15, 0.2) is 66.9 Å². The highest BCUT2D eigenvalue weighted by Crippen LogP contribution is 2.36. The van der Waals surface area contributed by atoms with Gasteiger partial charge < -0.3 is 26.0 Å². The van der Waals surface area contributed by atoms with Crippen molar-refractivity contribution in [3.8, 4) is 23.0 Å². The molecule has 0 aliphatic heterocycles. The molecule has 0 unspecified atom stereocenters. The lowest BCUT2D eigenvalue weighted by atomic mass is 10.1. The fourth-order valence-electron chi connectivity index (χ4n) is 2.86. The summed E-state index contributed by atoms with van der Waals surface area (Å²) in [5.41, 5.74) is 10.8. The zero-order valence-electron chi connectivity index (χ0n) is 17.8. The van der Waals surface area contributed by atoms with E-state index in [0.29, 0.717) is 22.2 Å². The van der Waals surface area contributed by atoms with E-state index < -0.39 is 17.6 Å². The number of benzene rings is 3. The summed E-state index contributed by atoms with van der Waals surface area (Å²) in [5.74, 6) is -1.93. The molecule has 8 nitrogen and oxygen atoms in total. The van der Waals surface area contributed by atoms with Crippen molar-refractivity contribution in [2.75, 3.05) is 7.11 Å². The van der Waals surface area contributed by atoms with Crippen LogP contribution in [-0.4, -0.2) is 29.0 Å². The molecule has 0 spiro atoms. The summed E-state index contributed by atoms with van der Waals surface area (Å²) in [6.45, 7) is 0. The molecule has 5 N–H and O–H groups in total. The van der Waals surface area contributed by atoms with Crippen LogP contribution < -0.4 is 20.9 Å². The lowest BCUT2D eigenvalue weighted by Gasteiger charge is -2.11. The Morgan fingerprint density at radius 2 is 1.50 bits per heavy atom. The van der Waals surface area contributed by atoms with Crippen molar-refractivity contribution in [1.82, 2.24) is 4.98 Å². The Hall–Kier alpha value is -4.73. The van der Waals surface area contributed by atoms with Crippen molar-refractivity contribution in [2.24, 2.45) is 11.5 Å². The number of nitrogens with two attached hydrogens (primary N) is 2. The van der Waals surface area contributed by atoms with E-state index in [1.54, 1.807) is 12.1 Å². The quantitative estimate of drug-likeness (QED) is 0.407. The maximum Gasteiger partial charge on any atom is 0.248 e. The molecule has 0 saturated heterocycles. The molecule has 0 saturated carbocycles. The number of rotatable bonds is 5. The number of aromatic hydroxyl groups is 1. The van der Waals surface area contributed by atoms with Crippen LogP contribution in [0, 0.1) is 11.6 Å². The molecule has 0 radical (unpaired) electrons. The molecule has 0 atom stereocenters. The second-order valence-corrected chi connectivity index (χ2v) is 6.83. The third kappa shape index (κ3) is 5.54. The zero-order chi connectivity index (χ0) is 24.8.